The first-order chi connectivity index (χ1) is 55.1. The second-order valence-electron chi connectivity index (χ2n) is 29.3. The molecule has 25 nitrogen and oxygen atoms in total. The van der Waals surface area contributed by atoms with Gasteiger partial charge in [-0.3, -0.25) is 43.2 Å². The number of amides is 8. The van der Waals surface area contributed by atoms with Crippen LogP contribution in [0.4, 0.5) is 4.79 Å². The van der Waals surface area contributed by atoms with Crippen LogP contribution in [0.15, 0.2) is 176 Å². The Kier molecular flexibility index (Phi) is 33.1. The maximum Gasteiger partial charge on any atom is 0.408 e. The van der Waals surface area contributed by atoms with Crippen molar-refractivity contribution in [1.29, 1.82) is 0 Å². The number of rotatable bonds is 38. The molecule has 115 heavy (non-hydrogen) atoms. The molecular weight excluding hydrogens is 1560 g/mol. The lowest BCUT2D eigenvalue weighted by Crippen LogP contribution is -2.61. The van der Waals surface area contributed by atoms with E-state index in [-0.39, 0.29) is 84.5 Å². The highest BCUT2D eigenvalue weighted by Crippen LogP contribution is 2.30. The highest BCUT2D eigenvalue weighted by atomic mass is 35.5. The van der Waals surface area contributed by atoms with E-state index in [0.717, 1.165) is 0 Å². The number of ether oxygens (including phenoxy) is 5. The van der Waals surface area contributed by atoms with Crippen LogP contribution < -0.4 is 41.4 Å². The molecule has 9 rings (SSSR count). The van der Waals surface area contributed by atoms with Gasteiger partial charge in [0.2, 0.25) is 41.4 Å². The molecule has 9 atom stereocenters. The molecular formula is C86H96Cl4N8O17. The smallest absolute Gasteiger partial charge is 0.408 e. The summed E-state index contributed by atoms with van der Waals surface area (Å²) in [5, 5.41) is 28.7. The zero-order valence-corrected chi connectivity index (χ0v) is 67.6. The quantitative estimate of drug-likeness (QED) is 0.0140. The van der Waals surface area contributed by atoms with Crippen LogP contribution in [-0.4, -0.2) is 147 Å². The van der Waals surface area contributed by atoms with Crippen molar-refractivity contribution in [1.82, 2.24) is 41.7 Å². The summed E-state index contributed by atoms with van der Waals surface area (Å²) in [6.45, 7) is 8.46. The topological polar surface area (TPSA) is 333 Å². The Hall–Kier alpha value is -10.7. The third-order valence-corrected chi connectivity index (χ3v) is 21.0. The molecule has 2 fully saturated rings. The maximum atomic E-state index is 15.3. The molecule has 0 saturated carbocycles. The van der Waals surface area contributed by atoms with Crippen LogP contribution >= 0.6 is 46.4 Å². The number of hydrogen-bond acceptors (Lipinski definition) is 16. The molecule has 7 aromatic rings. The minimum absolute atomic E-state index is 0.00374. The number of likely N-dealkylation sites (tertiary alicyclic amines) is 2. The predicted octanol–water partition coefficient (Wildman–Crippen LogP) is 12.0. The summed E-state index contributed by atoms with van der Waals surface area (Å²) in [6, 6.07) is 38.5. The van der Waals surface area contributed by atoms with Gasteiger partial charge in [-0.15, -0.1) is 0 Å². The summed E-state index contributed by atoms with van der Waals surface area (Å²) in [7, 11) is 0. The van der Waals surface area contributed by atoms with Crippen molar-refractivity contribution in [3.63, 3.8) is 0 Å². The highest BCUT2D eigenvalue weighted by molar-refractivity contribution is 6.36. The summed E-state index contributed by atoms with van der Waals surface area (Å²) in [5.74, 6) is -8.21. The summed E-state index contributed by atoms with van der Waals surface area (Å²) in [6.07, 6.45) is -1.68. The first-order valence-electron chi connectivity index (χ1n) is 38.2. The molecule has 0 radical (unpaired) electrons. The molecule has 0 spiro atoms. The largest absolute Gasteiger partial charge is 0.489 e. The van der Waals surface area contributed by atoms with Gasteiger partial charge in [0.05, 0.1) is 0 Å². The van der Waals surface area contributed by atoms with Crippen LogP contribution in [0.25, 0.3) is 0 Å². The number of carboxylic acids is 1. The summed E-state index contributed by atoms with van der Waals surface area (Å²) in [5.41, 5.74) is 3.17. The van der Waals surface area contributed by atoms with Gasteiger partial charge in [-0.1, -0.05) is 194 Å². The third kappa shape index (κ3) is 26.9. The van der Waals surface area contributed by atoms with Crippen molar-refractivity contribution in [2.45, 2.75) is 192 Å². The second kappa shape index (κ2) is 43.1. The Morgan fingerprint density at radius 1 is 0.443 bits per heavy atom. The number of carbonyl (C=O) groups is 11. The average molecular weight is 1660 g/mol. The van der Waals surface area contributed by atoms with E-state index in [4.69, 9.17) is 70.1 Å². The number of aliphatic carboxylic acids is 1. The Balaban J connectivity index is 0.936. The summed E-state index contributed by atoms with van der Waals surface area (Å²) in [4.78, 5) is 161. The fourth-order valence-electron chi connectivity index (χ4n) is 13.2. The van der Waals surface area contributed by atoms with Gasteiger partial charge >= 0.3 is 24.0 Å². The number of carboxylic acid groups (broad SMARTS) is 1. The van der Waals surface area contributed by atoms with Crippen molar-refractivity contribution in [3.05, 3.63) is 235 Å². The number of halogens is 4. The SMILES string of the molecule is CC[C@H](C)[C@H](NC(=O)[C@@H]1CCCN1C(=O)[C@H](CCC(=O)OCc1ccccc1)NC(=O)[C@H](Cc1ccccc1)NC(=O)OC(C)(C)C)C(=O)N1CCC[C@H]1C(=O)N[C@@H](CCC(=O)OCc1ccccc1)C(=O)N[C@@H](Cc1ccc(OCc2c(Cl)cccc2Cl)cc1)C(=O)N[C@@H](Cc1ccc(OCc2c(Cl)cccc2Cl)cc1)C(=O)O. The van der Waals surface area contributed by atoms with Gasteiger partial charge < -0.3 is 70.5 Å². The van der Waals surface area contributed by atoms with Crippen molar-refractivity contribution in [3.8, 4) is 11.5 Å². The van der Waals surface area contributed by atoms with Gasteiger partial charge in [-0.05, 0) is 142 Å². The second-order valence-corrected chi connectivity index (χ2v) is 30.9. The molecule has 0 aliphatic carbocycles. The van der Waals surface area contributed by atoms with E-state index < -0.39 is 138 Å². The lowest BCUT2D eigenvalue weighted by Gasteiger charge is -2.34. The molecule has 2 aliphatic heterocycles. The van der Waals surface area contributed by atoms with E-state index in [2.05, 4.69) is 31.9 Å². The van der Waals surface area contributed by atoms with E-state index in [0.29, 0.717) is 89.8 Å². The van der Waals surface area contributed by atoms with Gasteiger partial charge in [0, 0.05) is 76.4 Å². The Bertz CT molecular complexity index is 4470. The minimum Gasteiger partial charge on any atom is -0.489 e. The van der Waals surface area contributed by atoms with E-state index in [1.807, 2.05) is 13.0 Å². The minimum atomic E-state index is -1.61. The number of benzene rings is 7. The van der Waals surface area contributed by atoms with Crippen molar-refractivity contribution in [2.24, 2.45) is 5.92 Å². The molecule has 29 heteroatoms. The number of hydrogen-bond donors (Lipinski definition) is 7. The number of nitrogens with one attached hydrogen (secondary N) is 6. The number of esters is 2. The molecule has 0 bridgehead atoms. The van der Waals surface area contributed by atoms with Crippen LogP contribution in [0.5, 0.6) is 11.5 Å². The molecule has 0 unspecified atom stereocenters. The zero-order valence-electron chi connectivity index (χ0n) is 64.6. The summed E-state index contributed by atoms with van der Waals surface area (Å²) >= 11 is 25.6. The first-order valence-corrected chi connectivity index (χ1v) is 39.7. The monoisotopic (exact) mass is 1650 g/mol. The lowest BCUT2D eigenvalue weighted by atomic mass is 9.96. The van der Waals surface area contributed by atoms with Crippen LogP contribution in [0.3, 0.4) is 0 Å². The van der Waals surface area contributed by atoms with Crippen molar-refractivity contribution in [2.75, 3.05) is 13.1 Å². The van der Waals surface area contributed by atoms with Gasteiger partial charge in [0.25, 0.3) is 0 Å². The standard InChI is InChI=1S/C86H96Cl4N8O17/c1-6-53(2)76(96-81(105)73-31-18-44-97(73)82(106)68(41-43-75(100)114-50-58-24-14-9-15-25-58)92-79(103)70(46-54-20-10-7-11-21-54)95-85(110)115-86(3,4)5)83(107)98-45-19-30-72(98)80(104)91-67(40-42-74(99)113-49-57-22-12-8-13-23-57)77(101)93-69(47-55-32-36-59(37-33-55)111-51-61-63(87)26-16-27-64(61)88)78(102)94-71(84(108)109)48-56-34-38-60(39-35-56)112-52-62-65(89)28-17-29-66(62)90/h7-17,20-29,32-39,53,67-73,76H,6,18-19,30-31,40-52H2,1-5H3,(H,91,104)(H,92,103)(H,93,101)(H,94,102)(H,95,110)(H,96,105)(H,108,109)/t53-,67-,68-,69-,70-,71-,72-,73-,76-/m0/s1. The molecule has 8 amide bonds. The Labute approximate surface area is 688 Å². The first kappa shape index (κ1) is 88.2. The van der Waals surface area contributed by atoms with Gasteiger partial charge in [0.1, 0.15) is 91.9 Å². The predicted molar refractivity (Wildman–Crippen MR) is 432 cm³/mol. The molecule has 0 aromatic heterocycles. The van der Waals surface area contributed by atoms with E-state index in [1.54, 1.807) is 198 Å². The highest BCUT2D eigenvalue weighted by Gasteiger charge is 2.44. The average Bonchev–Trinajstić information content (AvgIpc) is 1.70. The summed E-state index contributed by atoms with van der Waals surface area (Å²) < 4.78 is 28.6. The molecule has 2 saturated heterocycles. The third-order valence-electron chi connectivity index (χ3n) is 19.6. The number of alkyl carbamates (subject to hydrolysis) is 1. The normalized spacial score (nSPS) is 15.7. The van der Waals surface area contributed by atoms with Crippen LogP contribution in [-0.2, 0) is 108 Å². The van der Waals surface area contributed by atoms with Gasteiger partial charge in [-0.2, -0.15) is 0 Å². The van der Waals surface area contributed by atoms with Crippen LogP contribution in [0, 0.1) is 5.92 Å². The van der Waals surface area contributed by atoms with Crippen molar-refractivity contribution < 1.29 is 81.5 Å². The molecule has 7 aromatic carbocycles. The van der Waals surface area contributed by atoms with E-state index in [9.17, 15) is 38.7 Å². The van der Waals surface area contributed by atoms with Crippen molar-refractivity contribution >= 4 is 112 Å². The Morgan fingerprint density at radius 3 is 1.27 bits per heavy atom. The molecule has 2 aliphatic rings. The van der Waals surface area contributed by atoms with E-state index in [1.165, 1.54) is 9.80 Å². The number of carbonyl (C=O) groups excluding carboxylic acids is 10. The van der Waals surface area contributed by atoms with E-state index >= 15 is 19.2 Å². The maximum absolute atomic E-state index is 15.3. The molecule has 610 valence electrons. The number of nitrogens with zero attached hydrogens (tertiary/aromatic N) is 2. The van der Waals surface area contributed by atoms with Gasteiger partial charge in [-0.25, -0.2) is 9.59 Å². The van der Waals surface area contributed by atoms with Crippen LogP contribution in [0.1, 0.15) is 131 Å². The molecule has 2 heterocycles. The fraction of sp³-hybridized carbons (Fsp3) is 0.384. The lowest BCUT2D eigenvalue weighted by molar-refractivity contribution is -0.147. The van der Waals surface area contributed by atoms with Gasteiger partial charge in [0.15, 0.2) is 0 Å². The Morgan fingerprint density at radius 2 is 0.826 bits per heavy atom. The molecule has 7 N–H and O–H groups in total. The zero-order chi connectivity index (χ0) is 82.7. The fourth-order valence-corrected chi connectivity index (χ4v) is 14.2. The van der Waals surface area contributed by atoms with Crippen LogP contribution in [0.2, 0.25) is 20.1 Å².